The van der Waals surface area contributed by atoms with Crippen LogP contribution in [0.15, 0.2) is 0 Å². The Kier molecular flexibility index (Phi) is 3.59. The van der Waals surface area contributed by atoms with Gasteiger partial charge in [0.2, 0.25) is 5.91 Å². The van der Waals surface area contributed by atoms with Gasteiger partial charge in [0, 0.05) is 32.2 Å². The fourth-order valence-electron chi connectivity index (χ4n) is 2.32. The van der Waals surface area contributed by atoms with Crippen LogP contribution in [0.5, 0.6) is 0 Å². The molecule has 2 aliphatic heterocycles. The molecular formula is C11H20N2O2. The maximum absolute atomic E-state index is 11.0. The molecule has 4 nitrogen and oxygen atoms in total. The number of carbonyl (C=O) groups excluding carboxylic acids is 1. The van der Waals surface area contributed by atoms with E-state index in [1.807, 2.05) is 0 Å². The van der Waals surface area contributed by atoms with Crippen LogP contribution in [0.25, 0.3) is 0 Å². The van der Waals surface area contributed by atoms with Crippen molar-refractivity contribution in [3.05, 3.63) is 0 Å². The van der Waals surface area contributed by atoms with Crippen molar-refractivity contribution in [2.75, 3.05) is 19.7 Å². The normalized spacial score (nSPS) is 35.8. The Hall–Kier alpha value is -0.610. The van der Waals surface area contributed by atoms with E-state index in [0.717, 1.165) is 32.5 Å². The van der Waals surface area contributed by atoms with Crippen LogP contribution in [0.4, 0.5) is 0 Å². The zero-order valence-electron chi connectivity index (χ0n) is 9.29. The van der Waals surface area contributed by atoms with E-state index in [2.05, 4.69) is 17.6 Å². The van der Waals surface area contributed by atoms with E-state index < -0.39 is 0 Å². The number of nitrogens with one attached hydrogen (secondary N) is 2. The smallest absolute Gasteiger partial charge is 0.220 e. The van der Waals surface area contributed by atoms with E-state index in [1.54, 1.807) is 0 Å². The first-order valence-electron chi connectivity index (χ1n) is 5.87. The molecule has 0 saturated carbocycles. The third-order valence-electron chi connectivity index (χ3n) is 3.42. The van der Waals surface area contributed by atoms with Gasteiger partial charge in [-0.3, -0.25) is 4.79 Å². The molecule has 15 heavy (non-hydrogen) atoms. The molecule has 0 bridgehead atoms. The molecule has 0 aromatic carbocycles. The largest absolute Gasteiger partial charge is 0.378 e. The lowest BCUT2D eigenvalue weighted by molar-refractivity contribution is -0.119. The van der Waals surface area contributed by atoms with Gasteiger partial charge >= 0.3 is 0 Å². The van der Waals surface area contributed by atoms with Crippen molar-refractivity contribution in [3.63, 3.8) is 0 Å². The summed E-state index contributed by atoms with van der Waals surface area (Å²) in [6, 6.07) is 0.343. The molecule has 86 valence electrons. The Morgan fingerprint density at radius 1 is 1.47 bits per heavy atom. The maximum Gasteiger partial charge on any atom is 0.220 e. The summed E-state index contributed by atoms with van der Waals surface area (Å²) >= 11 is 0. The molecule has 4 heteroatoms. The highest BCUT2D eigenvalue weighted by atomic mass is 16.5. The third-order valence-corrected chi connectivity index (χ3v) is 3.42. The molecule has 2 heterocycles. The Labute approximate surface area is 90.8 Å². The van der Waals surface area contributed by atoms with Gasteiger partial charge in [0.1, 0.15) is 0 Å². The van der Waals surface area contributed by atoms with E-state index in [-0.39, 0.29) is 5.91 Å². The van der Waals surface area contributed by atoms with Crippen LogP contribution < -0.4 is 10.6 Å². The summed E-state index contributed by atoms with van der Waals surface area (Å²) in [6.45, 7) is 4.94. The molecule has 0 aromatic rings. The van der Waals surface area contributed by atoms with Crippen LogP contribution in [0.1, 0.15) is 26.2 Å². The van der Waals surface area contributed by atoms with Crippen molar-refractivity contribution >= 4 is 5.91 Å². The predicted octanol–water partition coefficient (Wildman–Crippen LogP) is 0.280. The van der Waals surface area contributed by atoms with Crippen molar-refractivity contribution in [1.82, 2.24) is 10.6 Å². The second kappa shape index (κ2) is 4.94. The summed E-state index contributed by atoms with van der Waals surface area (Å²) in [6.07, 6.45) is 3.21. The molecule has 0 aliphatic carbocycles. The first kappa shape index (κ1) is 10.9. The molecule has 0 spiro atoms. The lowest BCUT2D eigenvalue weighted by Crippen LogP contribution is -2.38. The van der Waals surface area contributed by atoms with E-state index in [1.165, 1.54) is 0 Å². The fraction of sp³-hybridized carbons (Fsp3) is 0.909. The van der Waals surface area contributed by atoms with Crippen LogP contribution >= 0.6 is 0 Å². The number of carbonyl (C=O) groups is 1. The molecule has 2 saturated heterocycles. The van der Waals surface area contributed by atoms with Crippen molar-refractivity contribution in [1.29, 1.82) is 0 Å². The molecule has 0 radical (unpaired) electrons. The molecule has 3 atom stereocenters. The van der Waals surface area contributed by atoms with Crippen molar-refractivity contribution in [3.8, 4) is 0 Å². The lowest BCUT2D eigenvalue weighted by atomic mass is 10.0. The zero-order valence-corrected chi connectivity index (χ0v) is 9.29. The Morgan fingerprint density at radius 3 is 2.93 bits per heavy atom. The second-order valence-corrected chi connectivity index (χ2v) is 4.59. The third kappa shape index (κ3) is 2.92. The van der Waals surface area contributed by atoms with Gasteiger partial charge in [-0.05, 0) is 25.7 Å². The predicted molar refractivity (Wildman–Crippen MR) is 57.6 cm³/mol. The van der Waals surface area contributed by atoms with Crippen molar-refractivity contribution in [2.45, 2.75) is 38.3 Å². The SMILES string of the molecule is CC1OCCC1CNCC1CCC(=O)N1. The number of amides is 1. The average Bonchev–Trinajstić information content (AvgIpc) is 2.77. The summed E-state index contributed by atoms with van der Waals surface area (Å²) < 4.78 is 5.50. The standard InChI is InChI=1S/C11H20N2O2/c1-8-9(4-5-15-8)6-12-7-10-2-3-11(14)13-10/h8-10,12H,2-7H2,1H3,(H,13,14). The summed E-state index contributed by atoms with van der Waals surface area (Å²) in [7, 11) is 0. The van der Waals surface area contributed by atoms with Gasteiger partial charge in [-0.25, -0.2) is 0 Å². The Morgan fingerprint density at radius 2 is 2.33 bits per heavy atom. The number of ether oxygens (including phenoxy) is 1. The fourth-order valence-corrected chi connectivity index (χ4v) is 2.32. The van der Waals surface area contributed by atoms with Gasteiger partial charge < -0.3 is 15.4 Å². The lowest BCUT2D eigenvalue weighted by Gasteiger charge is -2.16. The molecule has 1 amide bonds. The highest BCUT2D eigenvalue weighted by Gasteiger charge is 2.25. The summed E-state index contributed by atoms with van der Waals surface area (Å²) in [5.74, 6) is 0.835. The number of rotatable bonds is 4. The van der Waals surface area contributed by atoms with Crippen molar-refractivity contribution < 1.29 is 9.53 Å². The minimum Gasteiger partial charge on any atom is -0.378 e. The monoisotopic (exact) mass is 212 g/mol. The molecule has 2 N–H and O–H groups in total. The molecule has 0 aromatic heterocycles. The van der Waals surface area contributed by atoms with Gasteiger partial charge in [-0.2, -0.15) is 0 Å². The van der Waals surface area contributed by atoms with Gasteiger partial charge in [0.25, 0.3) is 0 Å². The van der Waals surface area contributed by atoms with Crippen LogP contribution in [-0.4, -0.2) is 37.7 Å². The maximum atomic E-state index is 11.0. The van der Waals surface area contributed by atoms with Crippen LogP contribution in [0.3, 0.4) is 0 Å². The number of hydrogen-bond acceptors (Lipinski definition) is 3. The van der Waals surface area contributed by atoms with E-state index >= 15 is 0 Å². The zero-order chi connectivity index (χ0) is 10.7. The molecule has 3 unspecified atom stereocenters. The molecule has 2 rings (SSSR count). The number of hydrogen-bond donors (Lipinski definition) is 2. The highest BCUT2D eigenvalue weighted by molar-refractivity contribution is 5.78. The van der Waals surface area contributed by atoms with Gasteiger partial charge in [0.15, 0.2) is 0 Å². The molecule has 2 aliphatic rings. The summed E-state index contributed by atoms with van der Waals surface area (Å²) in [5, 5.41) is 6.38. The van der Waals surface area contributed by atoms with Crippen molar-refractivity contribution in [2.24, 2.45) is 5.92 Å². The topological polar surface area (TPSA) is 50.4 Å². The highest BCUT2D eigenvalue weighted by Crippen LogP contribution is 2.19. The van der Waals surface area contributed by atoms with E-state index in [9.17, 15) is 4.79 Å². The minimum absolute atomic E-state index is 0.194. The van der Waals surface area contributed by atoms with Crippen LogP contribution in [-0.2, 0) is 9.53 Å². The molecular weight excluding hydrogens is 192 g/mol. The Balaban J connectivity index is 1.60. The summed E-state index contributed by atoms with van der Waals surface area (Å²) in [4.78, 5) is 11.0. The van der Waals surface area contributed by atoms with E-state index in [4.69, 9.17) is 4.74 Å². The quantitative estimate of drug-likeness (QED) is 0.704. The van der Waals surface area contributed by atoms with Crippen LogP contribution in [0, 0.1) is 5.92 Å². The Bertz CT molecular complexity index is 233. The van der Waals surface area contributed by atoms with Gasteiger partial charge in [-0.15, -0.1) is 0 Å². The summed E-state index contributed by atoms with van der Waals surface area (Å²) in [5.41, 5.74) is 0. The van der Waals surface area contributed by atoms with Crippen LogP contribution in [0.2, 0.25) is 0 Å². The second-order valence-electron chi connectivity index (χ2n) is 4.59. The van der Waals surface area contributed by atoms with Gasteiger partial charge in [-0.1, -0.05) is 0 Å². The average molecular weight is 212 g/mol. The first-order chi connectivity index (χ1) is 7.25. The van der Waals surface area contributed by atoms with Gasteiger partial charge in [0.05, 0.1) is 6.10 Å². The molecule has 2 fully saturated rings. The minimum atomic E-state index is 0.194. The van der Waals surface area contributed by atoms with E-state index in [0.29, 0.717) is 24.5 Å². The first-order valence-corrected chi connectivity index (χ1v) is 5.87.